The summed E-state index contributed by atoms with van der Waals surface area (Å²) in [6.07, 6.45) is 7.72. The van der Waals surface area contributed by atoms with Crippen molar-refractivity contribution < 1.29 is 9.90 Å². The molecule has 1 saturated carbocycles. The summed E-state index contributed by atoms with van der Waals surface area (Å²) in [5, 5.41) is 9.64. The highest BCUT2D eigenvalue weighted by Crippen LogP contribution is 2.38. The van der Waals surface area contributed by atoms with Gasteiger partial charge in [-0.2, -0.15) is 0 Å². The van der Waals surface area contributed by atoms with Gasteiger partial charge in [-0.3, -0.25) is 0 Å². The zero-order chi connectivity index (χ0) is 13.9. The van der Waals surface area contributed by atoms with Gasteiger partial charge in [0, 0.05) is 12.0 Å². The molecule has 0 aromatic carbocycles. The van der Waals surface area contributed by atoms with E-state index in [-0.39, 0.29) is 11.5 Å². The molecule has 3 heteroatoms. The van der Waals surface area contributed by atoms with Gasteiger partial charge in [-0.1, -0.05) is 6.92 Å². The van der Waals surface area contributed by atoms with Gasteiger partial charge in [0.15, 0.2) is 0 Å². The van der Waals surface area contributed by atoms with Crippen LogP contribution in [0.1, 0.15) is 52.4 Å². The maximum Gasteiger partial charge on any atom is 0.127 e. The van der Waals surface area contributed by atoms with Crippen molar-refractivity contribution in [1.82, 2.24) is 4.90 Å². The summed E-state index contributed by atoms with van der Waals surface area (Å²) >= 11 is 0. The van der Waals surface area contributed by atoms with Gasteiger partial charge >= 0.3 is 0 Å². The second-order valence-corrected chi connectivity index (χ2v) is 7.02. The molecule has 2 fully saturated rings. The maximum atomic E-state index is 11.6. The lowest BCUT2D eigenvalue weighted by Gasteiger charge is -2.41. The number of piperidine rings is 1. The van der Waals surface area contributed by atoms with Gasteiger partial charge in [-0.05, 0) is 70.4 Å². The summed E-state index contributed by atoms with van der Waals surface area (Å²) in [6.45, 7) is 7.22. The number of carbonyl (C=O) groups excluding carboxylic acids is 1. The van der Waals surface area contributed by atoms with E-state index in [4.69, 9.17) is 0 Å². The van der Waals surface area contributed by atoms with Crippen LogP contribution in [0.15, 0.2) is 0 Å². The molecule has 1 atom stereocenters. The lowest BCUT2D eigenvalue weighted by Crippen LogP contribution is -2.45. The summed E-state index contributed by atoms with van der Waals surface area (Å²) < 4.78 is 0. The fourth-order valence-electron chi connectivity index (χ4n) is 3.69. The number of aldehydes is 1. The lowest BCUT2D eigenvalue weighted by molar-refractivity contribution is -0.120. The third-order valence-electron chi connectivity index (χ3n) is 5.37. The lowest BCUT2D eigenvalue weighted by atomic mass is 9.71. The Hall–Kier alpha value is -0.410. The average Bonchev–Trinajstić information content (AvgIpc) is 2.42. The molecule has 1 saturated heterocycles. The van der Waals surface area contributed by atoms with E-state index in [0.717, 1.165) is 51.2 Å². The summed E-state index contributed by atoms with van der Waals surface area (Å²) in [4.78, 5) is 14.0. The normalized spacial score (nSPS) is 36.1. The summed E-state index contributed by atoms with van der Waals surface area (Å²) in [5.74, 6) is 1.24. The van der Waals surface area contributed by atoms with Gasteiger partial charge in [-0.15, -0.1) is 0 Å². The number of carbonyl (C=O) groups is 1. The Bertz CT molecular complexity index is 287. The summed E-state index contributed by atoms with van der Waals surface area (Å²) in [5.41, 5.74) is -0.0792. The number of hydrogen-bond donors (Lipinski definition) is 1. The van der Waals surface area contributed by atoms with Crippen molar-refractivity contribution in [2.75, 3.05) is 19.6 Å². The van der Waals surface area contributed by atoms with Gasteiger partial charge in [0.25, 0.3) is 0 Å². The van der Waals surface area contributed by atoms with Crippen LogP contribution in [0.5, 0.6) is 0 Å². The van der Waals surface area contributed by atoms with Crippen LogP contribution >= 0.6 is 0 Å². The molecular weight excluding hydrogens is 238 g/mol. The van der Waals surface area contributed by atoms with Crippen molar-refractivity contribution in [1.29, 1.82) is 0 Å². The molecule has 0 amide bonds. The van der Waals surface area contributed by atoms with E-state index in [2.05, 4.69) is 11.8 Å². The molecule has 1 aliphatic carbocycles. The van der Waals surface area contributed by atoms with Crippen molar-refractivity contribution >= 4 is 6.29 Å². The van der Waals surface area contributed by atoms with E-state index in [1.54, 1.807) is 0 Å². The van der Waals surface area contributed by atoms with Gasteiger partial charge < -0.3 is 14.8 Å². The molecule has 1 aliphatic heterocycles. The highest BCUT2D eigenvalue weighted by atomic mass is 16.3. The van der Waals surface area contributed by atoms with E-state index < -0.39 is 0 Å². The Morgan fingerprint density at radius 3 is 2.32 bits per heavy atom. The molecule has 110 valence electrons. The number of likely N-dealkylation sites (tertiary alicyclic amines) is 1. The second-order valence-electron chi connectivity index (χ2n) is 7.02. The average molecular weight is 267 g/mol. The predicted molar refractivity (Wildman–Crippen MR) is 77.0 cm³/mol. The van der Waals surface area contributed by atoms with Gasteiger partial charge in [0.05, 0.1) is 6.10 Å². The van der Waals surface area contributed by atoms with Crippen LogP contribution in [0.3, 0.4) is 0 Å². The van der Waals surface area contributed by atoms with E-state index >= 15 is 0 Å². The van der Waals surface area contributed by atoms with Crippen LogP contribution in [-0.4, -0.2) is 42.0 Å². The van der Waals surface area contributed by atoms with Crippen LogP contribution in [0.2, 0.25) is 0 Å². The third kappa shape index (κ3) is 3.79. The minimum Gasteiger partial charge on any atom is -0.393 e. The first-order valence-corrected chi connectivity index (χ1v) is 7.91. The van der Waals surface area contributed by atoms with Crippen LogP contribution in [-0.2, 0) is 4.79 Å². The molecular formula is C16H29NO2. The number of aliphatic hydroxyl groups is 1. The number of nitrogens with zero attached hydrogens (tertiary/aromatic N) is 1. The predicted octanol–water partition coefficient (Wildman–Crippen LogP) is 2.47. The first kappa shape index (κ1) is 15.0. The molecule has 2 aliphatic rings. The molecule has 3 nitrogen and oxygen atoms in total. The summed E-state index contributed by atoms with van der Waals surface area (Å²) in [7, 11) is 0. The first-order chi connectivity index (χ1) is 9.04. The molecule has 0 aromatic heterocycles. The molecule has 0 aromatic rings. The zero-order valence-electron chi connectivity index (χ0n) is 12.5. The van der Waals surface area contributed by atoms with Crippen LogP contribution < -0.4 is 0 Å². The molecule has 19 heavy (non-hydrogen) atoms. The zero-order valence-corrected chi connectivity index (χ0v) is 12.5. The minimum absolute atomic E-state index is 0.0792. The van der Waals surface area contributed by atoms with Crippen molar-refractivity contribution in [3.8, 4) is 0 Å². The van der Waals surface area contributed by atoms with Crippen LogP contribution in [0, 0.1) is 17.3 Å². The monoisotopic (exact) mass is 267 g/mol. The maximum absolute atomic E-state index is 11.6. The number of hydrogen-bond acceptors (Lipinski definition) is 3. The Labute approximate surface area is 117 Å². The molecule has 1 N–H and O–H groups in total. The SMILES string of the molecule is CC1CCC(C=O)(CN2CCC(C(C)O)CC2)CC1. The summed E-state index contributed by atoms with van der Waals surface area (Å²) in [6, 6.07) is 0. The van der Waals surface area contributed by atoms with Crippen molar-refractivity contribution in [3.05, 3.63) is 0 Å². The smallest absolute Gasteiger partial charge is 0.127 e. The van der Waals surface area contributed by atoms with E-state index in [9.17, 15) is 9.90 Å². The van der Waals surface area contributed by atoms with Gasteiger partial charge in [-0.25, -0.2) is 0 Å². The quantitative estimate of drug-likeness (QED) is 0.796. The Balaban J connectivity index is 1.85. The van der Waals surface area contributed by atoms with Crippen LogP contribution in [0.25, 0.3) is 0 Å². The molecule has 2 rings (SSSR count). The molecule has 0 spiro atoms. The Morgan fingerprint density at radius 2 is 1.84 bits per heavy atom. The topological polar surface area (TPSA) is 40.5 Å². The number of rotatable bonds is 4. The second kappa shape index (κ2) is 6.36. The van der Waals surface area contributed by atoms with Crippen molar-refractivity contribution in [3.63, 3.8) is 0 Å². The van der Waals surface area contributed by atoms with Crippen molar-refractivity contribution in [2.45, 2.75) is 58.5 Å². The van der Waals surface area contributed by atoms with Gasteiger partial charge in [0.1, 0.15) is 6.29 Å². The molecule has 0 bridgehead atoms. The molecule has 1 heterocycles. The Kier molecular flexibility index (Phi) is 5.02. The highest BCUT2D eigenvalue weighted by Gasteiger charge is 2.36. The van der Waals surface area contributed by atoms with E-state index in [1.165, 1.54) is 19.1 Å². The minimum atomic E-state index is -0.183. The van der Waals surface area contributed by atoms with Crippen LogP contribution in [0.4, 0.5) is 0 Å². The third-order valence-corrected chi connectivity index (χ3v) is 5.37. The highest BCUT2D eigenvalue weighted by molar-refractivity contribution is 5.60. The fraction of sp³-hybridized carbons (Fsp3) is 0.938. The standard InChI is InChI=1S/C16H29NO2/c1-13-3-7-16(12-18,8-4-13)11-17-9-5-15(6-10-17)14(2)19/h12-15,19H,3-11H2,1-2H3. The molecule has 1 unspecified atom stereocenters. The Morgan fingerprint density at radius 1 is 1.26 bits per heavy atom. The first-order valence-electron chi connectivity index (χ1n) is 7.91. The van der Waals surface area contributed by atoms with E-state index in [1.807, 2.05) is 6.92 Å². The van der Waals surface area contributed by atoms with Crippen molar-refractivity contribution in [2.24, 2.45) is 17.3 Å². The molecule has 0 radical (unpaired) electrons. The van der Waals surface area contributed by atoms with Gasteiger partial charge in [0.2, 0.25) is 0 Å². The number of aliphatic hydroxyl groups excluding tert-OH is 1. The fourth-order valence-corrected chi connectivity index (χ4v) is 3.69. The largest absolute Gasteiger partial charge is 0.393 e. The van der Waals surface area contributed by atoms with E-state index in [0.29, 0.717) is 5.92 Å².